The quantitative estimate of drug-likeness (QED) is 0.427. The number of carboxylic acids is 1. The maximum atomic E-state index is 10.8. The fraction of sp³-hybridized carbons (Fsp3) is 0.133. The van der Waals surface area contributed by atoms with E-state index in [1.54, 1.807) is 18.2 Å². The predicted octanol–water partition coefficient (Wildman–Crippen LogP) is 3.95. The number of aliphatic carboxylic acids is 1. The van der Waals surface area contributed by atoms with Crippen molar-refractivity contribution in [3.8, 4) is 17.2 Å². The number of ether oxygens (including phenoxy) is 1. The van der Waals surface area contributed by atoms with E-state index in [2.05, 4.69) is 22.6 Å². The molecule has 2 rings (SSSR count). The first-order chi connectivity index (χ1) is 10.8. The second-order valence-corrected chi connectivity index (χ2v) is 8.23. The molecule has 0 aliphatic rings. The van der Waals surface area contributed by atoms with Crippen molar-refractivity contribution in [2.24, 2.45) is 5.73 Å². The Morgan fingerprint density at radius 1 is 1.09 bits per heavy atom. The highest BCUT2D eigenvalue weighted by molar-refractivity contribution is 14.1. The average molecular weight is 651 g/mol. The molecule has 23 heavy (non-hydrogen) atoms. The number of hydrogen-bond donors (Lipinski definition) is 3. The van der Waals surface area contributed by atoms with Crippen LogP contribution in [0.4, 0.5) is 0 Å². The van der Waals surface area contributed by atoms with Crippen molar-refractivity contribution in [1.29, 1.82) is 0 Å². The van der Waals surface area contributed by atoms with Crippen LogP contribution in [0.25, 0.3) is 0 Å². The third-order valence-electron chi connectivity index (χ3n) is 3.01. The minimum Gasteiger partial charge on any atom is -0.506 e. The van der Waals surface area contributed by atoms with Gasteiger partial charge in [-0.3, -0.25) is 4.79 Å². The molecule has 4 N–H and O–H groups in total. The zero-order valence-corrected chi connectivity index (χ0v) is 18.1. The number of nitrogens with two attached hydrogens (primary N) is 1. The van der Waals surface area contributed by atoms with Crippen LogP contribution in [-0.2, 0) is 11.2 Å². The van der Waals surface area contributed by atoms with Gasteiger partial charge >= 0.3 is 5.97 Å². The predicted molar refractivity (Wildman–Crippen MR) is 112 cm³/mol. The number of hydrogen-bond acceptors (Lipinski definition) is 4. The smallest absolute Gasteiger partial charge is 0.320 e. The number of carbonyl (C=O) groups is 1. The minimum atomic E-state index is -1.02. The summed E-state index contributed by atoms with van der Waals surface area (Å²) in [4.78, 5) is 10.8. The minimum absolute atomic E-state index is 0.242. The van der Waals surface area contributed by atoms with E-state index >= 15 is 0 Å². The highest BCUT2D eigenvalue weighted by Gasteiger charge is 2.14. The van der Waals surface area contributed by atoms with E-state index in [-0.39, 0.29) is 12.2 Å². The summed E-state index contributed by atoms with van der Waals surface area (Å²) in [6.07, 6.45) is 0.267. The van der Waals surface area contributed by atoms with Crippen LogP contribution >= 0.6 is 67.8 Å². The summed E-state index contributed by atoms with van der Waals surface area (Å²) in [6.45, 7) is 0. The van der Waals surface area contributed by atoms with Crippen molar-refractivity contribution < 1.29 is 19.7 Å². The second kappa shape index (κ2) is 8.16. The van der Waals surface area contributed by atoms with Gasteiger partial charge in [-0.15, -0.1) is 0 Å². The van der Waals surface area contributed by atoms with Gasteiger partial charge in [0.2, 0.25) is 0 Å². The Labute approximate surface area is 174 Å². The van der Waals surface area contributed by atoms with Crippen LogP contribution in [0.1, 0.15) is 5.56 Å². The summed E-state index contributed by atoms with van der Waals surface area (Å²) in [6, 6.07) is 8.00. The van der Waals surface area contributed by atoms with Gasteiger partial charge in [0.05, 0.1) is 7.14 Å². The maximum Gasteiger partial charge on any atom is 0.320 e. The van der Waals surface area contributed by atoms with Gasteiger partial charge < -0.3 is 20.7 Å². The van der Waals surface area contributed by atoms with Crippen LogP contribution in [0.3, 0.4) is 0 Å². The lowest BCUT2D eigenvalue weighted by molar-refractivity contribution is -0.138. The molecule has 0 aromatic heterocycles. The highest BCUT2D eigenvalue weighted by atomic mass is 127. The molecule has 0 saturated carbocycles. The molecular weight excluding hydrogens is 639 g/mol. The Bertz CT molecular complexity index is 728. The van der Waals surface area contributed by atoms with Crippen molar-refractivity contribution in [2.45, 2.75) is 12.5 Å². The van der Waals surface area contributed by atoms with Crippen LogP contribution in [-0.4, -0.2) is 22.2 Å². The number of phenols is 1. The zero-order valence-electron chi connectivity index (χ0n) is 11.6. The standard InChI is InChI=1S/C15H12I3NO4/c16-10-4-8(2-1-7(10)3-13(19)15(21)22)23-9-5-11(17)14(20)12(18)6-9/h1-2,4-6,13,20H,3,19H2,(H,21,22)/t13-/m1/s1. The van der Waals surface area contributed by atoms with E-state index < -0.39 is 12.0 Å². The number of rotatable bonds is 5. The van der Waals surface area contributed by atoms with Crippen LogP contribution in [0.15, 0.2) is 30.3 Å². The second-order valence-electron chi connectivity index (χ2n) is 4.74. The van der Waals surface area contributed by atoms with Crippen molar-refractivity contribution >= 4 is 73.7 Å². The molecule has 0 amide bonds. The summed E-state index contributed by atoms with van der Waals surface area (Å²) in [7, 11) is 0. The molecule has 0 unspecified atom stereocenters. The molecule has 0 radical (unpaired) electrons. The van der Waals surface area contributed by atoms with Crippen molar-refractivity contribution in [1.82, 2.24) is 0 Å². The van der Waals surface area contributed by atoms with Gasteiger partial charge in [-0.25, -0.2) is 0 Å². The Kier molecular flexibility index (Phi) is 6.74. The summed E-state index contributed by atoms with van der Waals surface area (Å²) < 4.78 is 8.12. The monoisotopic (exact) mass is 651 g/mol. The Hall–Kier alpha value is -0.340. The molecule has 0 aliphatic carbocycles. The summed E-state index contributed by atoms with van der Waals surface area (Å²) in [5, 5.41) is 18.7. The van der Waals surface area contributed by atoms with Gasteiger partial charge in [-0.05, 0) is 104 Å². The first-order valence-electron chi connectivity index (χ1n) is 6.40. The number of aromatic hydroxyl groups is 1. The van der Waals surface area contributed by atoms with Gasteiger partial charge in [-0.1, -0.05) is 6.07 Å². The van der Waals surface area contributed by atoms with E-state index in [0.29, 0.717) is 18.6 Å². The lowest BCUT2D eigenvalue weighted by atomic mass is 10.1. The van der Waals surface area contributed by atoms with Gasteiger partial charge in [-0.2, -0.15) is 0 Å². The average Bonchev–Trinajstić information content (AvgIpc) is 2.47. The third-order valence-corrected chi connectivity index (χ3v) is 5.66. The SMILES string of the molecule is N[C@H](Cc1ccc(Oc2cc(I)c(O)c(I)c2)cc1I)C(=O)O. The summed E-state index contributed by atoms with van der Waals surface area (Å²) in [5.41, 5.74) is 6.43. The van der Waals surface area contributed by atoms with Crippen molar-refractivity contribution in [3.63, 3.8) is 0 Å². The topological polar surface area (TPSA) is 92.8 Å². The van der Waals surface area contributed by atoms with Crippen LogP contribution in [0, 0.1) is 10.7 Å². The molecule has 2 aromatic rings. The Balaban J connectivity index is 2.19. The van der Waals surface area contributed by atoms with E-state index in [9.17, 15) is 9.90 Å². The van der Waals surface area contributed by atoms with Gasteiger partial charge in [0.15, 0.2) is 0 Å². The number of phenolic OH excluding ortho intramolecular Hbond substituents is 1. The normalized spacial score (nSPS) is 12.0. The molecule has 0 bridgehead atoms. The van der Waals surface area contributed by atoms with E-state index in [1.165, 1.54) is 0 Å². The van der Waals surface area contributed by atoms with E-state index in [0.717, 1.165) is 9.13 Å². The molecule has 2 aromatic carbocycles. The van der Waals surface area contributed by atoms with E-state index in [4.69, 9.17) is 15.6 Å². The molecule has 8 heteroatoms. The van der Waals surface area contributed by atoms with Crippen molar-refractivity contribution in [2.75, 3.05) is 0 Å². The molecule has 122 valence electrons. The van der Waals surface area contributed by atoms with Crippen LogP contribution < -0.4 is 10.5 Å². The van der Waals surface area contributed by atoms with Crippen LogP contribution in [0.5, 0.6) is 17.2 Å². The third kappa shape index (κ3) is 5.06. The number of benzene rings is 2. The fourth-order valence-corrected chi connectivity index (χ4v) is 4.24. The molecule has 0 saturated heterocycles. The molecule has 1 atom stereocenters. The molecular formula is C15H12I3NO4. The first-order valence-corrected chi connectivity index (χ1v) is 9.64. The molecule has 0 spiro atoms. The summed E-state index contributed by atoms with van der Waals surface area (Å²) in [5.74, 6) is 0.488. The lowest BCUT2D eigenvalue weighted by Gasteiger charge is -2.12. The summed E-state index contributed by atoms with van der Waals surface area (Å²) >= 11 is 6.22. The number of halogens is 3. The molecule has 0 heterocycles. The zero-order chi connectivity index (χ0) is 17.1. The van der Waals surface area contributed by atoms with Gasteiger partial charge in [0, 0.05) is 3.57 Å². The fourth-order valence-electron chi connectivity index (χ4n) is 1.82. The largest absolute Gasteiger partial charge is 0.506 e. The highest BCUT2D eigenvalue weighted by Crippen LogP contribution is 2.33. The van der Waals surface area contributed by atoms with Gasteiger partial charge in [0.25, 0.3) is 0 Å². The number of carboxylic acid groups (broad SMARTS) is 1. The maximum absolute atomic E-state index is 10.8. The lowest BCUT2D eigenvalue weighted by Crippen LogP contribution is -2.32. The molecule has 0 aliphatic heterocycles. The first kappa shape index (κ1) is 19.0. The van der Waals surface area contributed by atoms with E-state index in [1.807, 2.05) is 57.3 Å². The van der Waals surface area contributed by atoms with Crippen LogP contribution in [0.2, 0.25) is 0 Å². The van der Waals surface area contributed by atoms with Crippen molar-refractivity contribution in [3.05, 3.63) is 46.6 Å². The molecule has 0 fully saturated rings. The Morgan fingerprint density at radius 2 is 1.65 bits per heavy atom. The van der Waals surface area contributed by atoms with Gasteiger partial charge in [0.1, 0.15) is 23.3 Å². The Morgan fingerprint density at radius 3 is 2.17 bits per heavy atom. The molecule has 5 nitrogen and oxygen atoms in total.